The minimum absolute atomic E-state index is 0.515. The Bertz CT molecular complexity index is 550. The van der Waals surface area contributed by atoms with Gasteiger partial charge in [-0.25, -0.2) is 4.99 Å². The second kappa shape index (κ2) is 8.70. The van der Waals surface area contributed by atoms with Crippen LogP contribution in [0.25, 0.3) is 0 Å². The molecule has 0 aliphatic heterocycles. The van der Waals surface area contributed by atoms with Crippen molar-refractivity contribution in [1.82, 2.24) is 10.6 Å². The lowest BCUT2D eigenvalue weighted by Gasteiger charge is -2.17. The van der Waals surface area contributed by atoms with Crippen molar-refractivity contribution in [2.45, 2.75) is 44.0 Å². The number of rotatable bonds is 5. The Kier molecular flexibility index (Phi) is 6.60. The highest BCUT2D eigenvalue weighted by molar-refractivity contribution is 7.99. The molecule has 0 radical (unpaired) electrons. The van der Waals surface area contributed by atoms with E-state index in [4.69, 9.17) is 5.26 Å². The molecule has 0 heterocycles. The van der Waals surface area contributed by atoms with Gasteiger partial charge in [-0.05, 0) is 50.1 Å². The molecule has 2 atom stereocenters. The number of aliphatic imine (C=N–C) groups is 1. The number of benzene rings is 1. The molecule has 0 amide bonds. The van der Waals surface area contributed by atoms with E-state index >= 15 is 0 Å². The predicted molar refractivity (Wildman–Crippen MR) is 94.1 cm³/mol. The zero-order valence-corrected chi connectivity index (χ0v) is 14.1. The van der Waals surface area contributed by atoms with Crippen molar-refractivity contribution in [3.63, 3.8) is 0 Å². The summed E-state index contributed by atoms with van der Waals surface area (Å²) >= 11 is 1.96. The summed E-state index contributed by atoms with van der Waals surface area (Å²) in [4.78, 5) is 4.65. The molecule has 22 heavy (non-hydrogen) atoms. The topological polar surface area (TPSA) is 60.2 Å². The number of guanidine groups is 1. The second-order valence-corrected chi connectivity index (χ2v) is 6.66. The van der Waals surface area contributed by atoms with E-state index in [0.717, 1.165) is 23.3 Å². The largest absolute Gasteiger partial charge is 0.357 e. The zero-order chi connectivity index (χ0) is 15.8. The molecule has 0 saturated heterocycles. The highest BCUT2D eigenvalue weighted by Gasteiger charge is 2.24. The Morgan fingerprint density at radius 2 is 2.32 bits per heavy atom. The predicted octanol–water partition coefficient (Wildman–Crippen LogP) is 2.90. The highest BCUT2D eigenvalue weighted by atomic mass is 32.2. The van der Waals surface area contributed by atoms with Crippen LogP contribution < -0.4 is 10.6 Å². The highest BCUT2D eigenvalue weighted by Crippen LogP contribution is 2.28. The Balaban J connectivity index is 1.96. The number of nitrogens with one attached hydrogen (secondary N) is 2. The molecule has 1 aliphatic rings. The molecule has 0 aromatic heterocycles. The van der Waals surface area contributed by atoms with E-state index in [1.807, 2.05) is 36.0 Å². The van der Waals surface area contributed by atoms with Crippen molar-refractivity contribution in [2.24, 2.45) is 4.99 Å². The Morgan fingerprint density at radius 1 is 1.45 bits per heavy atom. The van der Waals surface area contributed by atoms with E-state index in [0.29, 0.717) is 18.2 Å². The minimum atomic E-state index is 0.515. The molecule has 1 aliphatic carbocycles. The number of nitriles is 1. The van der Waals surface area contributed by atoms with Gasteiger partial charge in [-0.1, -0.05) is 12.1 Å². The molecule has 4 nitrogen and oxygen atoms in total. The fourth-order valence-corrected chi connectivity index (χ4v) is 3.50. The molecular weight excluding hydrogens is 292 g/mol. The van der Waals surface area contributed by atoms with Crippen LogP contribution in [0.3, 0.4) is 0 Å². The van der Waals surface area contributed by atoms with Crippen molar-refractivity contribution < 1.29 is 0 Å². The van der Waals surface area contributed by atoms with Gasteiger partial charge >= 0.3 is 0 Å². The molecule has 0 bridgehead atoms. The van der Waals surface area contributed by atoms with Gasteiger partial charge in [0.1, 0.15) is 0 Å². The van der Waals surface area contributed by atoms with Crippen molar-refractivity contribution in [2.75, 3.05) is 12.8 Å². The SMILES string of the molecule is CCNC(=NCc1cccc(C#N)c1)NC1CCC(SC)C1. The first-order valence-electron chi connectivity index (χ1n) is 7.81. The second-order valence-electron chi connectivity index (χ2n) is 5.52. The first-order chi connectivity index (χ1) is 10.7. The summed E-state index contributed by atoms with van der Waals surface area (Å²) in [5, 5.41) is 16.6. The molecular formula is C17H24N4S. The van der Waals surface area contributed by atoms with E-state index in [2.05, 4.69) is 34.9 Å². The van der Waals surface area contributed by atoms with E-state index in [-0.39, 0.29) is 0 Å². The van der Waals surface area contributed by atoms with Gasteiger partial charge < -0.3 is 10.6 Å². The maximum atomic E-state index is 8.95. The van der Waals surface area contributed by atoms with Gasteiger partial charge in [0.25, 0.3) is 0 Å². The van der Waals surface area contributed by atoms with E-state index in [1.54, 1.807) is 0 Å². The number of hydrogen-bond donors (Lipinski definition) is 2. The van der Waals surface area contributed by atoms with Crippen molar-refractivity contribution >= 4 is 17.7 Å². The fraction of sp³-hybridized carbons (Fsp3) is 0.529. The third-order valence-corrected chi connectivity index (χ3v) is 4.97. The maximum absolute atomic E-state index is 8.95. The van der Waals surface area contributed by atoms with Crippen LogP contribution in [0.4, 0.5) is 0 Å². The van der Waals surface area contributed by atoms with Gasteiger partial charge in [-0.3, -0.25) is 0 Å². The molecule has 5 heteroatoms. The normalized spacial score (nSPS) is 21.4. The van der Waals surface area contributed by atoms with Gasteiger partial charge in [-0.2, -0.15) is 17.0 Å². The Labute approximate surface area is 137 Å². The van der Waals surface area contributed by atoms with Crippen LogP contribution in [0.5, 0.6) is 0 Å². The lowest BCUT2D eigenvalue weighted by atomic mass is 10.1. The lowest BCUT2D eigenvalue weighted by molar-refractivity contribution is 0.615. The van der Waals surface area contributed by atoms with Crippen LogP contribution in [0.1, 0.15) is 37.3 Å². The average Bonchev–Trinajstić information content (AvgIpc) is 3.00. The maximum Gasteiger partial charge on any atom is 0.191 e. The third-order valence-electron chi connectivity index (χ3n) is 3.88. The van der Waals surface area contributed by atoms with Crippen LogP contribution in [0.2, 0.25) is 0 Å². The molecule has 2 unspecified atom stereocenters. The van der Waals surface area contributed by atoms with Crippen LogP contribution in [-0.2, 0) is 6.54 Å². The third kappa shape index (κ3) is 4.96. The molecule has 2 N–H and O–H groups in total. The van der Waals surface area contributed by atoms with Crippen molar-refractivity contribution in [3.05, 3.63) is 35.4 Å². The van der Waals surface area contributed by atoms with Crippen LogP contribution >= 0.6 is 11.8 Å². The van der Waals surface area contributed by atoms with Crippen molar-refractivity contribution in [3.8, 4) is 6.07 Å². The van der Waals surface area contributed by atoms with Crippen molar-refractivity contribution in [1.29, 1.82) is 5.26 Å². The van der Waals surface area contributed by atoms with Crippen LogP contribution in [0.15, 0.2) is 29.3 Å². The molecule has 0 spiro atoms. The van der Waals surface area contributed by atoms with Gasteiger partial charge in [0.2, 0.25) is 0 Å². The smallest absolute Gasteiger partial charge is 0.191 e. The number of hydrogen-bond acceptors (Lipinski definition) is 3. The van der Waals surface area contributed by atoms with E-state index in [9.17, 15) is 0 Å². The fourth-order valence-electron chi connectivity index (χ4n) is 2.71. The van der Waals surface area contributed by atoms with Crippen LogP contribution in [0, 0.1) is 11.3 Å². The zero-order valence-electron chi connectivity index (χ0n) is 13.3. The van der Waals surface area contributed by atoms with Gasteiger partial charge in [0, 0.05) is 17.8 Å². The first-order valence-corrected chi connectivity index (χ1v) is 9.10. The molecule has 1 aromatic rings. The van der Waals surface area contributed by atoms with Gasteiger partial charge in [0.05, 0.1) is 18.2 Å². The molecule has 1 saturated carbocycles. The minimum Gasteiger partial charge on any atom is -0.357 e. The Morgan fingerprint density at radius 3 is 3.00 bits per heavy atom. The summed E-state index contributed by atoms with van der Waals surface area (Å²) in [6.45, 7) is 3.51. The molecule has 1 fully saturated rings. The summed E-state index contributed by atoms with van der Waals surface area (Å²) < 4.78 is 0. The van der Waals surface area contributed by atoms with E-state index in [1.165, 1.54) is 19.3 Å². The molecule has 118 valence electrons. The summed E-state index contributed by atoms with van der Waals surface area (Å²) in [7, 11) is 0. The van der Waals surface area contributed by atoms with Crippen LogP contribution in [-0.4, -0.2) is 30.1 Å². The standard InChI is InChI=1S/C17H24N4S/c1-3-19-17(21-15-7-8-16(10-15)22-2)20-12-14-6-4-5-13(9-14)11-18/h4-6,9,15-16H,3,7-8,10,12H2,1-2H3,(H2,19,20,21). The summed E-state index contributed by atoms with van der Waals surface area (Å²) in [5.74, 6) is 0.872. The number of thioether (sulfide) groups is 1. The molecule has 1 aromatic carbocycles. The van der Waals surface area contributed by atoms with E-state index < -0.39 is 0 Å². The van der Waals surface area contributed by atoms with Gasteiger partial charge in [0.15, 0.2) is 5.96 Å². The summed E-state index contributed by atoms with van der Waals surface area (Å²) in [6.07, 6.45) is 5.88. The molecule has 2 rings (SSSR count). The quantitative estimate of drug-likeness (QED) is 0.648. The Hall–Kier alpha value is -1.67. The summed E-state index contributed by atoms with van der Waals surface area (Å²) in [6, 6.07) is 10.3. The lowest BCUT2D eigenvalue weighted by Crippen LogP contribution is -2.42. The number of nitrogens with zero attached hydrogens (tertiary/aromatic N) is 2. The van der Waals surface area contributed by atoms with Gasteiger partial charge in [-0.15, -0.1) is 0 Å². The first kappa shape index (κ1) is 16.7. The average molecular weight is 316 g/mol. The monoisotopic (exact) mass is 316 g/mol. The summed E-state index contributed by atoms with van der Waals surface area (Å²) in [5.41, 5.74) is 1.74.